The van der Waals surface area contributed by atoms with E-state index in [1.807, 2.05) is 0 Å². The van der Waals surface area contributed by atoms with Gasteiger partial charge in [0.15, 0.2) is 0 Å². The molecule has 2 heterocycles. The third-order valence-corrected chi connectivity index (χ3v) is 6.62. The summed E-state index contributed by atoms with van der Waals surface area (Å²) in [4.78, 5) is 51.2. The van der Waals surface area contributed by atoms with Crippen LogP contribution in [0.5, 0.6) is 5.75 Å². The molecular weight excluding hydrogens is 554 g/mol. The minimum Gasteiger partial charge on any atom is -0.477 e. The van der Waals surface area contributed by atoms with E-state index in [9.17, 15) is 24.3 Å². The zero-order chi connectivity index (χ0) is 29.0. The molecule has 0 saturated heterocycles. The number of para-hydroxylation sites is 1. The smallest absolute Gasteiger partial charge is 0.370 e. The molecule has 1 aliphatic heterocycles. The molecule has 4 aromatic rings. The fourth-order valence-electron chi connectivity index (χ4n) is 4.45. The Bertz CT molecular complexity index is 1570. The third-order valence-electron chi connectivity index (χ3n) is 6.39. The Morgan fingerprint density at radius 3 is 2.56 bits per heavy atom. The second kappa shape index (κ2) is 11.4. The maximum atomic E-state index is 13.9. The van der Waals surface area contributed by atoms with Gasteiger partial charge in [-0.2, -0.15) is 4.68 Å². The van der Waals surface area contributed by atoms with Crippen LogP contribution in [-0.2, 0) is 32.0 Å². The zero-order valence-electron chi connectivity index (χ0n) is 21.2. The number of amides is 2. The number of hydrogen-bond acceptors (Lipinski definition) is 9. The maximum absolute atomic E-state index is 13.9. The van der Waals surface area contributed by atoms with Gasteiger partial charge in [-0.3, -0.25) is 19.8 Å². The maximum Gasteiger partial charge on any atom is 0.370 e. The molecule has 1 aliphatic rings. The van der Waals surface area contributed by atoms with Crippen LogP contribution in [0.15, 0.2) is 79.1 Å². The molecule has 3 N–H and O–H groups in total. The van der Waals surface area contributed by atoms with Gasteiger partial charge in [-0.25, -0.2) is 9.80 Å². The molecule has 0 radical (unpaired) electrons. The lowest BCUT2D eigenvalue weighted by atomic mass is 10.0. The van der Waals surface area contributed by atoms with Crippen molar-refractivity contribution in [1.29, 1.82) is 0 Å². The van der Waals surface area contributed by atoms with Gasteiger partial charge in [0.1, 0.15) is 18.1 Å². The van der Waals surface area contributed by atoms with Gasteiger partial charge in [0, 0.05) is 23.4 Å². The topological polar surface area (TPSA) is 169 Å². The molecule has 2 unspecified atom stereocenters. The Labute approximate surface area is 237 Å². The average Bonchev–Trinajstić information content (AvgIpc) is 3.64. The van der Waals surface area contributed by atoms with E-state index in [1.54, 1.807) is 66.7 Å². The monoisotopic (exact) mass is 575 g/mol. The molecule has 5 rings (SSSR count). The van der Waals surface area contributed by atoms with Crippen LogP contribution in [0.3, 0.4) is 0 Å². The number of nitrogens with one attached hydrogen (secondary N) is 2. The van der Waals surface area contributed by atoms with Gasteiger partial charge >= 0.3 is 11.9 Å². The van der Waals surface area contributed by atoms with E-state index >= 15 is 0 Å². The van der Waals surface area contributed by atoms with E-state index in [2.05, 4.69) is 26.3 Å². The number of halogens is 1. The Morgan fingerprint density at radius 2 is 1.88 bits per heavy atom. The number of fused-ring (bicyclic) bond motifs is 1. The van der Waals surface area contributed by atoms with Crippen LogP contribution in [-0.4, -0.2) is 66.2 Å². The number of benzene rings is 3. The molecule has 0 saturated carbocycles. The van der Waals surface area contributed by atoms with Crippen molar-refractivity contribution in [3.63, 3.8) is 0 Å². The molecule has 0 bridgehead atoms. The first kappa shape index (κ1) is 27.3. The standard InChI is InChI=1S/C27H22ClN7O6/c28-19-10-11-21(34-16-29-32-33-34)20(13-19)31-35(24(37)15-36)22(12-17-6-2-1-3-7-17)25(38)30-27(26(39)40)14-18-8-4-5-9-23(18)41-27/h1-11,13,15-16,22,31H,12,14H2,(H,30,38)(H,39,40). The van der Waals surface area contributed by atoms with Crippen LogP contribution >= 0.6 is 11.6 Å². The Kier molecular flexibility index (Phi) is 7.61. The van der Waals surface area contributed by atoms with Crippen molar-refractivity contribution < 1.29 is 29.0 Å². The van der Waals surface area contributed by atoms with E-state index in [4.69, 9.17) is 16.3 Å². The number of carbonyl (C=O) groups is 4. The molecule has 14 heteroatoms. The first-order chi connectivity index (χ1) is 19.8. The van der Waals surface area contributed by atoms with Gasteiger partial charge in [0.25, 0.3) is 5.72 Å². The first-order valence-electron chi connectivity index (χ1n) is 12.2. The van der Waals surface area contributed by atoms with Gasteiger partial charge in [0.05, 0.1) is 11.4 Å². The Morgan fingerprint density at radius 1 is 1.12 bits per heavy atom. The number of ether oxygens (including phenoxy) is 1. The number of rotatable bonds is 10. The second-order valence-corrected chi connectivity index (χ2v) is 9.50. The molecule has 0 spiro atoms. The number of aldehydes is 1. The normalized spacial score (nSPS) is 16.1. The summed E-state index contributed by atoms with van der Waals surface area (Å²) in [5.41, 5.74) is 2.42. The van der Waals surface area contributed by atoms with Crippen molar-refractivity contribution in [2.75, 3.05) is 5.43 Å². The largest absolute Gasteiger partial charge is 0.477 e. The van der Waals surface area contributed by atoms with Crippen molar-refractivity contribution in [1.82, 2.24) is 30.5 Å². The van der Waals surface area contributed by atoms with E-state index < -0.39 is 29.6 Å². The molecular formula is C27H22ClN7O6. The van der Waals surface area contributed by atoms with E-state index in [0.717, 1.165) is 5.01 Å². The lowest BCUT2D eigenvalue weighted by Crippen LogP contribution is -2.63. The highest BCUT2D eigenvalue weighted by molar-refractivity contribution is 6.31. The van der Waals surface area contributed by atoms with Crippen LogP contribution in [0.4, 0.5) is 5.69 Å². The van der Waals surface area contributed by atoms with Gasteiger partial charge in [-0.1, -0.05) is 60.1 Å². The molecule has 0 fully saturated rings. The predicted molar refractivity (Wildman–Crippen MR) is 144 cm³/mol. The van der Waals surface area contributed by atoms with Crippen molar-refractivity contribution in [3.05, 3.63) is 95.3 Å². The van der Waals surface area contributed by atoms with E-state index in [0.29, 0.717) is 22.6 Å². The summed E-state index contributed by atoms with van der Waals surface area (Å²) >= 11 is 6.22. The van der Waals surface area contributed by atoms with Crippen molar-refractivity contribution in [2.45, 2.75) is 24.6 Å². The van der Waals surface area contributed by atoms with Crippen molar-refractivity contribution in [3.8, 4) is 11.4 Å². The van der Waals surface area contributed by atoms with Crippen LogP contribution in [0.2, 0.25) is 5.02 Å². The summed E-state index contributed by atoms with van der Waals surface area (Å²) < 4.78 is 7.02. The van der Waals surface area contributed by atoms with Crippen LogP contribution < -0.4 is 15.5 Å². The molecule has 41 heavy (non-hydrogen) atoms. The van der Waals surface area contributed by atoms with Gasteiger partial charge in [-0.05, 0) is 40.3 Å². The highest BCUT2D eigenvalue weighted by Crippen LogP contribution is 2.34. The Balaban J connectivity index is 1.53. The summed E-state index contributed by atoms with van der Waals surface area (Å²) in [5.74, 6) is -3.13. The molecule has 1 aromatic heterocycles. The lowest BCUT2D eigenvalue weighted by molar-refractivity contribution is -0.161. The van der Waals surface area contributed by atoms with Crippen LogP contribution in [0, 0.1) is 0 Å². The summed E-state index contributed by atoms with van der Waals surface area (Å²) in [6, 6.07) is 18.6. The third kappa shape index (κ3) is 5.70. The SMILES string of the molecule is O=CC(=O)N(Nc1cc(Cl)ccc1-n1cnnn1)C(Cc1ccccc1)C(=O)NC1(C(=O)O)Cc2ccccc2O1. The minimum atomic E-state index is -2.14. The number of hydrogen-bond donors (Lipinski definition) is 3. The van der Waals surface area contributed by atoms with Crippen molar-refractivity contribution >= 4 is 41.4 Å². The summed E-state index contributed by atoms with van der Waals surface area (Å²) in [5, 5.41) is 24.8. The van der Waals surface area contributed by atoms with Crippen LogP contribution in [0.25, 0.3) is 5.69 Å². The number of hydrazine groups is 1. The summed E-state index contributed by atoms with van der Waals surface area (Å²) in [6.07, 6.45) is 1.09. The lowest BCUT2D eigenvalue weighted by Gasteiger charge is -2.34. The quantitative estimate of drug-likeness (QED) is 0.144. The van der Waals surface area contributed by atoms with E-state index in [1.165, 1.54) is 17.1 Å². The number of carbonyl (C=O) groups excluding carboxylic acids is 3. The number of carboxylic acid groups (broad SMARTS) is 1. The predicted octanol–water partition coefficient (Wildman–Crippen LogP) is 1.81. The average molecular weight is 576 g/mol. The fraction of sp³-hybridized carbons (Fsp3) is 0.148. The minimum absolute atomic E-state index is 0.0361. The van der Waals surface area contributed by atoms with Gasteiger partial charge in [0.2, 0.25) is 12.2 Å². The number of carboxylic acids is 1. The molecule has 0 aliphatic carbocycles. The summed E-state index contributed by atoms with van der Waals surface area (Å²) in [7, 11) is 0. The highest BCUT2D eigenvalue weighted by atomic mass is 35.5. The number of aromatic nitrogens is 4. The van der Waals surface area contributed by atoms with Gasteiger partial charge < -0.3 is 15.2 Å². The zero-order valence-corrected chi connectivity index (χ0v) is 21.9. The first-order valence-corrected chi connectivity index (χ1v) is 12.6. The van der Waals surface area contributed by atoms with E-state index in [-0.39, 0.29) is 29.8 Å². The fourth-order valence-corrected chi connectivity index (χ4v) is 4.62. The number of nitrogens with zero attached hydrogens (tertiary/aromatic N) is 5. The van der Waals surface area contributed by atoms with Crippen molar-refractivity contribution in [2.24, 2.45) is 0 Å². The van der Waals surface area contributed by atoms with Gasteiger partial charge in [-0.15, -0.1) is 5.10 Å². The van der Waals surface area contributed by atoms with Crippen LogP contribution in [0.1, 0.15) is 11.1 Å². The number of aliphatic carboxylic acids is 1. The summed E-state index contributed by atoms with van der Waals surface area (Å²) in [6.45, 7) is 0. The number of tetrazole rings is 1. The molecule has 2 atom stereocenters. The number of anilines is 1. The second-order valence-electron chi connectivity index (χ2n) is 9.07. The molecule has 2 amide bonds. The highest BCUT2D eigenvalue weighted by Gasteiger charge is 2.49. The molecule has 13 nitrogen and oxygen atoms in total. The molecule has 208 valence electrons. The molecule has 3 aromatic carbocycles. The Hall–Kier alpha value is -5.30.